The minimum atomic E-state index is 0.398. The summed E-state index contributed by atoms with van der Waals surface area (Å²) in [5, 5.41) is 2.15. The second-order valence-corrected chi connectivity index (χ2v) is 6.48. The van der Waals surface area contributed by atoms with E-state index in [1.807, 2.05) is 11.3 Å². The van der Waals surface area contributed by atoms with Crippen molar-refractivity contribution in [2.24, 2.45) is 5.73 Å². The Hall–Kier alpha value is 0.100. The highest BCUT2D eigenvalue weighted by molar-refractivity contribution is 9.10. The zero-order valence-electron chi connectivity index (χ0n) is 10.4. The van der Waals surface area contributed by atoms with E-state index in [1.54, 1.807) is 0 Å². The maximum atomic E-state index is 6.02. The number of nitrogens with two attached hydrogens (primary N) is 1. The monoisotopic (exact) mass is 316 g/mol. The number of thiophene rings is 1. The molecule has 1 aromatic heterocycles. The number of likely N-dealkylation sites (tertiary alicyclic amines) is 1. The van der Waals surface area contributed by atoms with Crippen LogP contribution in [-0.4, -0.2) is 24.0 Å². The predicted molar refractivity (Wildman–Crippen MR) is 78.5 cm³/mol. The summed E-state index contributed by atoms with van der Waals surface area (Å²) < 4.78 is 1.22. The molecule has 0 saturated carbocycles. The summed E-state index contributed by atoms with van der Waals surface area (Å²) >= 11 is 5.46. The molecule has 0 aromatic carbocycles. The van der Waals surface area contributed by atoms with Gasteiger partial charge in [0, 0.05) is 21.9 Å². The Morgan fingerprint density at radius 2 is 2.41 bits per heavy atom. The van der Waals surface area contributed by atoms with E-state index in [-0.39, 0.29) is 0 Å². The molecule has 2 atom stereocenters. The molecule has 2 N–H and O–H groups in total. The normalized spacial score (nSPS) is 23.8. The third-order valence-corrected chi connectivity index (χ3v) is 5.69. The van der Waals surface area contributed by atoms with Gasteiger partial charge in [-0.3, -0.25) is 4.90 Å². The number of hydrogen-bond donors (Lipinski definition) is 1. The second-order valence-electron chi connectivity index (χ2n) is 4.68. The van der Waals surface area contributed by atoms with Gasteiger partial charge in [-0.15, -0.1) is 11.3 Å². The van der Waals surface area contributed by atoms with Crippen molar-refractivity contribution in [3.8, 4) is 0 Å². The van der Waals surface area contributed by atoms with Gasteiger partial charge in [-0.2, -0.15) is 0 Å². The summed E-state index contributed by atoms with van der Waals surface area (Å²) in [4.78, 5) is 4.02. The zero-order valence-corrected chi connectivity index (χ0v) is 12.8. The number of piperidine rings is 1. The Bertz CT molecular complexity index is 353. The quantitative estimate of drug-likeness (QED) is 0.916. The van der Waals surface area contributed by atoms with Crippen molar-refractivity contribution in [2.75, 3.05) is 13.1 Å². The highest BCUT2D eigenvalue weighted by Crippen LogP contribution is 2.36. The van der Waals surface area contributed by atoms with Crippen LogP contribution in [-0.2, 0) is 0 Å². The molecule has 1 aliphatic rings. The van der Waals surface area contributed by atoms with Gasteiger partial charge in [-0.1, -0.05) is 13.3 Å². The van der Waals surface area contributed by atoms with Crippen LogP contribution in [0, 0.1) is 0 Å². The van der Waals surface area contributed by atoms with Crippen LogP contribution < -0.4 is 5.73 Å². The number of hydrogen-bond acceptors (Lipinski definition) is 3. The van der Waals surface area contributed by atoms with Crippen molar-refractivity contribution in [3.63, 3.8) is 0 Å². The SMILES string of the molecule is CCC1CCCCN1C(CN)c1sccc1Br. The fraction of sp³-hybridized carbons (Fsp3) is 0.692. The van der Waals surface area contributed by atoms with Crippen molar-refractivity contribution in [2.45, 2.75) is 44.7 Å². The molecule has 0 spiro atoms. The first-order valence-corrected chi connectivity index (χ1v) is 8.13. The Morgan fingerprint density at radius 3 is 3.00 bits per heavy atom. The van der Waals surface area contributed by atoms with Gasteiger partial charge in [0.2, 0.25) is 0 Å². The molecule has 2 unspecified atom stereocenters. The highest BCUT2D eigenvalue weighted by Gasteiger charge is 2.29. The van der Waals surface area contributed by atoms with Crippen molar-refractivity contribution in [3.05, 3.63) is 20.8 Å². The van der Waals surface area contributed by atoms with Crippen LogP contribution in [0.15, 0.2) is 15.9 Å². The first kappa shape index (κ1) is 13.5. The molecule has 0 amide bonds. The van der Waals surface area contributed by atoms with Gasteiger partial charge >= 0.3 is 0 Å². The van der Waals surface area contributed by atoms with Crippen molar-refractivity contribution in [1.29, 1.82) is 0 Å². The first-order chi connectivity index (χ1) is 8.27. The van der Waals surface area contributed by atoms with Gasteiger partial charge < -0.3 is 5.73 Å². The van der Waals surface area contributed by atoms with Gasteiger partial charge in [0.25, 0.3) is 0 Å². The fourth-order valence-electron chi connectivity index (χ4n) is 2.81. The largest absolute Gasteiger partial charge is 0.329 e. The molecule has 2 nitrogen and oxygen atoms in total. The molecular weight excluding hydrogens is 296 g/mol. The Labute approximate surface area is 116 Å². The first-order valence-electron chi connectivity index (χ1n) is 6.46. The Balaban J connectivity index is 2.19. The molecule has 4 heteroatoms. The molecule has 0 aliphatic carbocycles. The number of rotatable bonds is 4. The van der Waals surface area contributed by atoms with Gasteiger partial charge in [0.15, 0.2) is 0 Å². The van der Waals surface area contributed by atoms with Crippen LogP contribution in [0.2, 0.25) is 0 Å². The Morgan fingerprint density at radius 1 is 1.59 bits per heavy atom. The molecular formula is C13H21BrN2S. The van der Waals surface area contributed by atoms with E-state index in [0.717, 1.165) is 6.54 Å². The maximum absolute atomic E-state index is 6.02. The van der Waals surface area contributed by atoms with Gasteiger partial charge in [0.1, 0.15) is 0 Å². The van der Waals surface area contributed by atoms with Crippen molar-refractivity contribution in [1.82, 2.24) is 4.90 Å². The lowest BCUT2D eigenvalue weighted by Crippen LogP contribution is -2.44. The summed E-state index contributed by atoms with van der Waals surface area (Å²) in [6.07, 6.45) is 5.25. The summed E-state index contributed by atoms with van der Waals surface area (Å²) in [5.41, 5.74) is 6.02. The highest BCUT2D eigenvalue weighted by atomic mass is 79.9. The lowest BCUT2D eigenvalue weighted by Gasteiger charge is -2.40. The zero-order chi connectivity index (χ0) is 12.3. The molecule has 1 aromatic rings. The summed E-state index contributed by atoms with van der Waals surface area (Å²) in [6, 6.07) is 3.24. The molecule has 2 heterocycles. The third-order valence-electron chi connectivity index (χ3n) is 3.71. The van der Waals surface area contributed by atoms with E-state index >= 15 is 0 Å². The second kappa shape index (κ2) is 6.32. The topological polar surface area (TPSA) is 29.3 Å². The molecule has 96 valence electrons. The lowest BCUT2D eigenvalue weighted by atomic mass is 9.97. The number of halogens is 1. The lowest BCUT2D eigenvalue weighted by molar-refractivity contribution is 0.0963. The maximum Gasteiger partial charge on any atom is 0.0578 e. The van der Waals surface area contributed by atoms with Crippen molar-refractivity contribution < 1.29 is 0 Å². The third kappa shape index (κ3) is 2.92. The van der Waals surface area contributed by atoms with E-state index in [9.17, 15) is 0 Å². The Kier molecular flexibility index (Phi) is 5.03. The van der Waals surface area contributed by atoms with E-state index in [4.69, 9.17) is 5.73 Å². The van der Waals surface area contributed by atoms with Gasteiger partial charge in [-0.05, 0) is 53.2 Å². The van der Waals surface area contributed by atoms with Crippen LogP contribution in [0.4, 0.5) is 0 Å². The van der Waals surface area contributed by atoms with E-state index in [1.165, 1.54) is 41.6 Å². The summed E-state index contributed by atoms with van der Waals surface area (Å²) in [7, 11) is 0. The van der Waals surface area contributed by atoms with Crippen LogP contribution in [0.1, 0.15) is 43.5 Å². The average Bonchev–Trinajstić information content (AvgIpc) is 2.78. The minimum absolute atomic E-state index is 0.398. The summed E-state index contributed by atoms with van der Waals surface area (Å²) in [5.74, 6) is 0. The predicted octanol–water partition coefficient (Wildman–Crippen LogP) is 3.77. The minimum Gasteiger partial charge on any atom is -0.329 e. The van der Waals surface area contributed by atoms with Crippen LogP contribution >= 0.6 is 27.3 Å². The summed E-state index contributed by atoms with van der Waals surface area (Å²) in [6.45, 7) is 4.21. The van der Waals surface area contributed by atoms with E-state index < -0.39 is 0 Å². The molecule has 1 aliphatic heterocycles. The molecule has 1 saturated heterocycles. The molecule has 1 fully saturated rings. The standard InChI is InChI=1S/C13H21BrN2S/c1-2-10-5-3-4-7-16(10)12(9-15)13-11(14)6-8-17-13/h6,8,10,12H,2-5,7,9,15H2,1H3. The smallest absolute Gasteiger partial charge is 0.0578 e. The molecule has 2 rings (SSSR count). The molecule has 0 bridgehead atoms. The van der Waals surface area contributed by atoms with Gasteiger partial charge in [0.05, 0.1) is 6.04 Å². The fourth-order valence-corrected chi connectivity index (χ4v) is 4.58. The van der Waals surface area contributed by atoms with Crippen molar-refractivity contribution >= 4 is 27.3 Å². The van der Waals surface area contributed by atoms with Gasteiger partial charge in [-0.25, -0.2) is 0 Å². The van der Waals surface area contributed by atoms with Crippen LogP contribution in [0.25, 0.3) is 0 Å². The van der Waals surface area contributed by atoms with E-state index in [0.29, 0.717) is 12.1 Å². The molecule has 0 radical (unpaired) electrons. The molecule has 17 heavy (non-hydrogen) atoms. The van der Waals surface area contributed by atoms with E-state index in [2.05, 4.69) is 39.2 Å². The van der Waals surface area contributed by atoms with Crippen LogP contribution in [0.3, 0.4) is 0 Å². The number of nitrogens with zero attached hydrogens (tertiary/aromatic N) is 1. The van der Waals surface area contributed by atoms with Crippen LogP contribution in [0.5, 0.6) is 0 Å². The average molecular weight is 317 g/mol.